The summed E-state index contributed by atoms with van der Waals surface area (Å²) in [5, 5.41) is 2.50. The van der Waals surface area contributed by atoms with E-state index in [4.69, 9.17) is 0 Å². The largest absolute Gasteiger partial charge is 0.309 e. The second-order valence-electron chi connectivity index (χ2n) is 8.05. The molecule has 0 aliphatic carbocycles. The lowest BCUT2D eigenvalue weighted by molar-refractivity contribution is 0.592. The summed E-state index contributed by atoms with van der Waals surface area (Å²) in [4.78, 5) is 0. The van der Waals surface area contributed by atoms with E-state index in [1.165, 1.54) is 0 Å². The molecule has 5 aromatic rings. The van der Waals surface area contributed by atoms with Crippen LogP contribution in [0.4, 0.5) is 0 Å². The van der Waals surface area contributed by atoms with E-state index in [0.717, 1.165) is 47.1 Å². The molecule has 0 radical (unpaired) electrons. The lowest BCUT2D eigenvalue weighted by Gasteiger charge is -2.21. The molecule has 0 atom stereocenters. The standard InChI is InChI=1S/C30H21Br2OP/c31-26-14-6-22(7-15-26)24-10-18-29(19-11-24)34(33,28-4-2-1-3-5-28)30-20-12-25(13-21-30)23-8-16-27(32)17-9-23/h1-21H. The molecular formula is C30H21Br2OP. The van der Waals surface area contributed by atoms with Crippen LogP contribution < -0.4 is 15.9 Å². The van der Waals surface area contributed by atoms with Crippen molar-refractivity contribution >= 4 is 54.9 Å². The molecule has 5 aromatic carbocycles. The van der Waals surface area contributed by atoms with Gasteiger partial charge in [0.1, 0.15) is 0 Å². The first-order chi connectivity index (χ1) is 16.5. The number of hydrogen-bond donors (Lipinski definition) is 0. The Balaban J connectivity index is 1.56. The van der Waals surface area contributed by atoms with Gasteiger partial charge in [-0.3, -0.25) is 0 Å². The SMILES string of the molecule is O=P(c1ccccc1)(c1ccc(-c2ccc(Br)cc2)cc1)c1ccc(-c2ccc(Br)cc2)cc1. The average molecular weight is 588 g/mol. The minimum Gasteiger partial charge on any atom is -0.309 e. The number of hydrogen-bond acceptors (Lipinski definition) is 1. The van der Waals surface area contributed by atoms with Crippen LogP contribution in [0, 0.1) is 0 Å². The molecule has 0 fully saturated rings. The van der Waals surface area contributed by atoms with Gasteiger partial charge in [-0.2, -0.15) is 0 Å². The van der Waals surface area contributed by atoms with Crippen LogP contribution in [0.1, 0.15) is 0 Å². The molecule has 0 amide bonds. The molecule has 166 valence electrons. The summed E-state index contributed by atoms with van der Waals surface area (Å²) in [6, 6.07) is 42.5. The van der Waals surface area contributed by atoms with Gasteiger partial charge in [-0.25, -0.2) is 0 Å². The molecule has 0 aliphatic rings. The number of halogens is 2. The zero-order valence-corrected chi connectivity index (χ0v) is 22.3. The fourth-order valence-electron chi connectivity index (χ4n) is 4.10. The molecule has 0 saturated carbocycles. The van der Waals surface area contributed by atoms with Crippen molar-refractivity contribution in [3.63, 3.8) is 0 Å². The van der Waals surface area contributed by atoms with Crippen LogP contribution in [0.2, 0.25) is 0 Å². The Morgan fingerprint density at radius 2 is 0.676 bits per heavy atom. The maximum atomic E-state index is 14.8. The first kappa shape index (κ1) is 23.1. The minimum absolute atomic E-state index is 0.830. The Morgan fingerprint density at radius 3 is 1.03 bits per heavy atom. The molecule has 0 N–H and O–H groups in total. The van der Waals surface area contributed by atoms with Crippen molar-refractivity contribution in [3.05, 3.63) is 136 Å². The molecule has 0 unspecified atom stereocenters. The van der Waals surface area contributed by atoms with Crippen LogP contribution in [0.15, 0.2) is 136 Å². The maximum Gasteiger partial charge on any atom is 0.171 e. The molecule has 34 heavy (non-hydrogen) atoms. The quantitative estimate of drug-likeness (QED) is 0.189. The van der Waals surface area contributed by atoms with E-state index in [2.05, 4.69) is 80.4 Å². The van der Waals surface area contributed by atoms with Gasteiger partial charge in [0.2, 0.25) is 0 Å². The van der Waals surface area contributed by atoms with Gasteiger partial charge < -0.3 is 4.57 Å². The van der Waals surface area contributed by atoms with E-state index in [-0.39, 0.29) is 0 Å². The highest BCUT2D eigenvalue weighted by atomic mass is 79.9. The Morgan fingerprint density at radius 1 is 0.382 bits per heavy atom. The smallest absolute Gasteiger partial charge is 0.171 e. The van der Waals surface area contributed by atoms with Crippen LogP contribution >= 0.6 is 39.0 Å². The molecule has 0 heterocycles. The summed E-state index contributed by atoms with van der Waals surface area (Å²) in [6.45, 7) is 0. The predicted octanol–water partition coefficient (Wildman–Crippen LogP) is 8.19. The van der Waals surface area contributed by atoms with Crippen molar-refractivity contribution < 1.29 is 4.57 Å². The highest BCUT2D eigenvalue weighted by Gasteiger charge is 2.29. The monoisotopic (exact) mass is 586 g/mol. The van der Waals surface area contributed by atoms with Crippen molar-refractivity contribution in [2.45, 2.75) is 0 Å². The van der Waals surface area contributed by atoms with E-state index < -0.39 is 7.14 Å². The zero-order valence-electron chi connectivity index (χ0n) is 18.2. The fraction of sp³-hybridized carbons (Fsp3) is 0. The maximum absolute atomic E-state index is 14.8. The van der Waals surface area contributed by atoms with E-state index in [1.807, 2.05) is 78.9 Å². The van der Waals surface area contributed by atoms with Crippen LogP contribution in [0.3, 0.4) is 0 Å². The van der Waals surface area contributed by atoms with E-state index in [1.54, 1.807) is 0 Å². The molecule has 0 aliphatic heterocycles. The van der Waals surface area contributed by atoms with Gasteiger partial charge in [0, 0.05) is 24.9 Å². The van der Waals surface area contributed by atoms with Crippen molar-refractivity contribution in [2.75, 3.05) is 0 Å². The van der Waals surface area contributed by atoms with Gasteiger partial charge in [0.05, 0.1) is 0 Å². The summed E-state index contributed by atoms with van der Waals surface area (Å²) in [7, 11) is -3.03. The van der Waals surface area contributed by atoms with Crippen LogP contribution in [-0.2, 0) is 4.57 Å². The Bertz CT molecular complexity index is 1350. The lowest BCUT2D eigenvalue weighted by Crippen LogP contribution is -2.24. The first-order valence-electron chi connectivity index (χ1n) is 10.9. The Labute approximate surface area is 217 Å². The summed E-state index contributed by atoms with van der Waals surface area (Å²) in [5.41, 5.74) is 4.45. The van der Waals surface area contributed by atoms with Crippen molar-refractivity contribution in [1.82, 2.24) is 0 Å². The van der Waals surface area contributed by atoms with E-state index in [9.17, 15) is 4.57 Å². The Kier molecular flexibility index (Phi) is 6.70. The number of rotatable bonds is 5. The summed E-state index contributed by atoms with van der Waals surface area (Å²) in [5.74, 6) is 0. The zero-order chi connectivity index (χ0) is 23.5. The van der Waals surface area contributed by atoms with Gasteiger partial charge >= 0.3 is 0 Å². The highest BCUT2D eigenvalue weighted by Crippen LogP contribution is 2.43. The topological polar surface area (TPSA) is 17.1 Å². The molecule has 5 rings (SSSR count). The fourth-order valence-corrected chi connectivity index (χ4v) is 7.25. The van der Waals surface area contributed by atoms with E-state index >= 15 is 0 Å². The predicted molar refractivity (Wildman–Crippen MR) is 152 cm³/mol. The van der Waals surface area contributed by atoms with Crippen LogP contribution in [-0.4, -0.2) is 0 Å². The van der Waals surface area contributed by atoms with Gasteiger partial charge in [-0.15, -0.1) is 0 Å². The molecule has 4 heteroatoms. The van der Waals surface area contributed by atoms with Gasteiger partial charge in [-0.1, -0.05) is 135 Å². The van der Waals surface area contributed by atoms with E-state index in [0.29, 0.717) is 0 Å². The van der Waals surface area contributed by atoms with Gasteiger partial charge in [0.25, 0.3) is 0 Å². The second kappa shape index (κ2) is 9.88. The normalized spacial score (nSPS) is 11.4. The van der Waals surface area contributed by atoms with Gasteiger partial charge in [0.15, 0.2) is 7.14 Å². The average Bonchev–Trinajstić information content (AvgIpc) is 2.90. The third-order valence-corrected chi connectivity index (χ3v) is 10.1. The highest BCUT2D eigenvalue weighted by molar-refractivity contribution is 9.10. The summed E-state index contributed by atoms with van der Waals surface area (Å²) < 4.78 is 16.9. The minimum atomic E-state index is -3.03. The summed E-state index contributed by atoms with van der Waals surface area (Å²) >= 11 is 6.98. The first-order valence-corrected chi connectivity index (χ1v) is 14.2. The molecule has 0 spiro atoms. The summed E-state index contributed by atoms with van der Waals surface area (Å²) in [6.07, 6.45) is 0. The van der Waals surface area contributed by atoms with Crippen molar-refractivity contribution in [2.24, 2.45) is 0 Å². The Hall–Kier alpha value is -2.71. The molecule has 0 aromatic heterocycles. The second-order valence-corrected chi connectivity index (χ2v) is 12.7. The molecule has 0 bridgehead atoms. The van der Waals surface area contributed by atoms with Crippen molar-refractivity contribution in [3.8, 4) is 22.3 Å². The molecule has 1 nitrogen and oxygen atoms in total. The third-order valence-electron chi connectivity index (χ3n) is 5.94. The van der Waals surface area contributed by atoms with Crippen LogP contribution in [0.5, 0.6) is 0 Å². The number of benzene rings is 5. The molecular weight excluding hydrogens is 567 g/mol. The third kappa shape index (κ3) is 4.61. The van der Waals surface area contributed by atoms with Gasteiger partial charge in [-0.05, 0) is 46.5 Å². The lowest BCUT2D eigenvalue weighted by atomic mass is 10.1. The van der Waals surface area contributed by atoms with Crippen molar-refractivity contribution in [1.29, 1.82) is 0 Å². The molecule has 0 saturated heterocycles. The van der Waals surface area contributed by atoms with Crippen LogP contribution in [0.25, 0.3) is 22.3 Å².